The first-order chi connectivity index (χ1) is 9.81. The lowest BCUT2D eigenvalue weighted by atomic mass is 10.0. The van der Waals surface area contributed by atoms with E-state index >= 15 is 0 Å². The Morgan fingerprint density at radius 2 is 0.950 bits per heavy atom. The Morgan fingerprint density at radius 1 is 0.600 bits per heavy atom. The average Bonchev–Trinajstić information content (AvgIpc) is 2.47. The highest BCUT2D eigenvalue weighted by atomic mass is 16.3. The van der Waals surface area contributed by atoms with Gasteiger partial charge in [0.1, 0.15) is 0 Å². The maximum atomic E-state index is 9.20. The maximum Gasteiger partial charge on any atom is 0.0770 e. The van der Waals surface area contributed by atoms with E-state index in [1.54, 1.807) is 0 Å². The van der Waals surface area contributed by atoms with Crippen LogP contribution in [-0.2, 0) is 0 Å². The summed E-state index contributed by atoms with van der Waals surface area (Å²) < 4.78 is 0. The molecule has 0 radical (unpaired) electrons. The lowest BCUT2D eigenvalue weighted by Crippen LogP contribution is -2.10. The van der Waals surface area contributed by atoms with Crippen LogP contribution in [0.4, 0.5) is 0 Å². The van der Waals surface area contributed by atoms with E-state index in [-0.39, 0.29) is 6.61 Å². The molecule has 0 saturated carbocycles. The Labute approximate surface area is 127 Å². The maximum absolute atomic E-state index is 9.20. The molecule has 2 nitrogen and oxygen atoms in total. The molecule has 1 atom stereocenters. The fraction of sp³-hybridized carbons (Fsp3) is 1.00. The Balaban J connectivity index is 2.96. The molecule has 0 fully saturated rings. The monoisotopic (exact) mass is 286 g/mol. The molecule has 0 amide bonds. The van der Waals surface area contributed by atoms with Gasteiger partial charge >= 0.3 is 0 Å². The van der Waals surface area contributed by atoms with Crippen LogP contribution in [0, 0.1) is 0 Å². The van der Waals surface area contributed by atoms with Crippen molar-refractivity contribution in [3.8, 4) is 0 Å². The topological polar surface area (TPSA) is 40.5 Å². The third-order valence-electron chi connectivity index (χ3n) is 4.10. The van der Waals surface area contributed by atoms with Gasteiger partial charge in [0.15, 0.2) is 0 Å². The minimum Gasteiger partial charge on any atom is -0.394 e. The van der Waals surface area contributed by atoms with Gasteiger partial charge in [0.05, 0.1) is 12.7 Å². The largest absolute Gasteiger partial charge is 0.394 e. The molecule has 20 heavy (non-hydrogen) atoms. The first kappa shape index (κ1) is 19.9. The highest BCUT2D eigenvalue weighted by Gasteiger charge is 2.00. The van der Waals surface area contributed by atoms with E-state index in [9.17, 15) is 5.11 Å². The Kier molecular flexibility index (Phi) is 16.9. The van der Waals surface area contributed by atoms with Gasteiger partial charge in [-0.05, 0) is 6.42 Å². The fourth-order valence-corrected chi connectivity index (χ4v) is 2.67. The summed E-state index contributed by atoms with van der Waals surface area (Å²) in [6, 6.07) is 0. The summed E-state index contributed by atoms with van der Waals surface area (Å²) in [7, 11) is 0. The van der Waals surface area contributed by atoms with E-state index in [2.05, 4.69) is 6.92 Å². The van der Waals surface area contributed by atoms with Crippen molar-refractivity contribution in [1.29, 1.82) is 0 Å². The van der Waals surface area contributed by atoms with Gasteiger partial charge in [-0.3, -0.25) is 0 Å². The molecule has 122 valence electrons. The number of unbranched alkanes of at least 4 members (excludes halogenated alkanes) is 13. The van der Waals surface area contributed by atoms with E-state index in [0.717, 1.165) is 12.8 Å². The zero-order valence-corrected chi connectivity index (χ0v) is 13.8. The van der Waals surface area contributed by atoms with Crippen molar-refractivity contribution in [3.05, 3.63) is 0 Å². The molecule has 0 bridgehead atoms. The predicted octanol–water partition coefficient (Wildman–Crippen LogP) is 5.21. The molecule has 2 heteroatoms. The minimum atomic E-state index is -0.493. The predicted molar refractivity (Wildman–Crippen MR) is 88.0 cm³/mol. The second-order valence-electron chi connectivity index (χ2n) is 6.22. The quantitative estimate of drug-likeness (QED) is 0.382. The van der Waals surface area contributed by atoms with Crippen LogP contribution in [0.25, 0.3) is 0 Å². The van der Waals surface area contributed by atoms with Gasteiger partial charge in [-0.15, -0.1) is 0 Å². The number of aliphatic hydroxyl groups excluding tert-OH is 2. The number of aliphatic hydroxyl groups is 2. The molecule has 0 heterocycles. The number of hydrogen-bond donors (Lipinski definition) is 2. The van der Waals surface area contributed by atoms with Crippen LogP contribution in [0.1, 0.15) is 103 Å². The molecular formula is C18H38O2. The summed E-state index contributed by atoms with van der Waals surface area (Å²) in [5.74, 6) is 0. The Bertz CT molecular complexity index is 171. The van der Waals surface area contributed by atoms with Crippen molar-refractivity contribution in [1.82, 2.24) is 0 Å². The van der Waals surface area contributed by atoms with Crippen LogP contribution in [0.3, 0.4) is 0 Å². The molecule has 0 saturated heterocycles. The Morgan fingerprint density at radius 3 is 1.30 bits per heavy atom. The summed E-state index contributed by atoms with van der Waals surface area (Å²) in [5.41, 5.74) is 0. The standard InChI is InChI=1S/C18H38O2/c1-2-3-4-5-6-7-8-9-10-11-12-13-14-15-16-18(20)17-19/h18-20H,2-17H2,1H3. The van der Waals surface area contributed by atoms with Crippen molar-refractivity contribution in [2.24, 2.45) is 0 Å². The zero-order chi connectivity index (χ0) is 14.9. The highest BCUT2D eigenvalue weighted by Crippen LogP contribution is 2.13. The summed E-state index contributed by atoms with van der Waals surface area (Å²) in [6.07, 6.45) is 19.3. The van der Waals surface area contributed by atoms with Gasteiger partial charge in [-0.2, -0.15) is 0 Å². The van der Waals surface area contributed by atoms with Crippen molar-refractivity contribution >= 4 is 0 Å². The molecule has 0 aromatic rings. The van der Waals surface area contributed by atoms with Crippen LogP contribution < -0.4 is 0 Å². The van der Waals surface area contributed by atoms with Crippen LogP contribution >= 0.6 is 0 Å². The molecule has 0 rings (SSSR count). The normalized spacial score (nSPS) is 12.8. The first-order valence-electron chi connectivity index (χ1n) is 9.10. The van der Waals surface area contributed by atoms with Crippen molar-refractivity contribution < 1.29 is 10.2 Å². The first-order valence-corrected chi connectivity index (χ1v) is 9.10. The summed E-state index contributed by atoms with van der Waals surface area (Å²) in [5, 5.41) is 17.9. The lowest BCUT2D eigenvalue weighted by Gasteiger charge is -2.06. The third kappa shape index (κ3) is 16.0. The SMILES string of the molecule is CCCCCCCCCCCCCCCCC(O)CO. The van der Waals surface area contributed by atoms with Gasteiger partial charge in [-0.25, -0.2) is 0 Å². The van der Waals surface area contributed by atoms with Crippen molar-refractivity contribution in [3.63, 3.8) is 0 Å². The third-order valence-corrected chi connectivity index (χ3v) is 4.10. The molecule has 1 unspecified atom stereocenters. The summed E-state index contributed by atoms with van der Waals surface area (Å²) in [4.78, 5) is 0. The second-order valence-corrected chi connectivity index (χ2v) is 6.22. The molecular weight excluding hydrogens is 248 g/mol. The summed E-state index contributed by atoms with van der Waals surface area (Å²) >= 11 is 0. The van der Waals surface area contributed by atoms with Gasteiger partial charge in [0.25, 0.3) is 0 Å². The molecule has 0 aliphatic rings. The van der Waals surface area contributed by atoms with Crippen LogP contribution in [0.2, 0.25) is 0 Å². The number of hydrogen-bond acceptors (Lipinski definition) is 2. The van der Waals surface area contributed by atoms with E-state index < -0.39 is 6.10 Å². The molecule has 0 aromatic heterocycles. The van der Waals surface area contributed by atoms with Crippen molar-refractivity contribution in [2.75, 3.05) is 6.61 Å². The zero-order valence-electron chi connectivity index (χ0n) is 13.8. The van der Waals surface area contributed by atoms with E-state index in [4.69, 9.17) is 5.11 Å². The molecule has 0 aromatic carbocycles. The smallest absolute Gasteiger partial charge is 0.0770 e. The van der Waals surface area contributed by atoms with Gasteiger partial charge in [-0.1, -0.05) is 96.8 Å². The van der Waals surface area contributed by atoms with Gasteiger partial charge in [0.2, 0.25) is 0 Å². The van der Waals surface area contributed by atoms with E-state index in [1.807, 2.05) is 0 Å². The molecule has 0 aliphatic carbocycles. The Hall–Kier alpha value is -0.0800. The average molecular weight is 286 g/mol. The van der Waals surface area contributed by atoms with Gasteiger partial charge < -0.3 is 10.2 Å². The van der Waals surface area contributed by atoms with Crippen LogP contribution in [-0.4, -0.2) is 22.9 Å². The molecule has 2 N–H and O–H groups in total. The molecule has 0 spiro atoms. The van der Waals surface area contributed by atoms with Crippen LogP contribution in [0.5, 0.6) is 0 Å². The summed E-state index contributed by atoms with van der Waals surface area (Å²) in [6.45, 7) is 2.19. The van der Waals surface area contributed by atoms with Gasteiger partial charge in [0, 0.05) is 0 Å². The van der Waals surface area contributed by atoms with E-state index in [1.165, 1.54) is 83.5 Å². The fourth-order valence-electron chi connectivity index (χ4n) is 2.67. The van der Waals surface area contributed by atoms with Crippen molar-refractivity contribution in [2.45, 2.75) is 109 Å². The lowest BCUT2D eigenvalue weighted by molar-refractivity contribution is 0.0860. The second kappa shape index (κ2) is 17.0. The molecule has 0 aliphatic heterocycles. The van der Waals surface area contributed by atoms with Crippen LogP contribution in [0.15, 0.2) is 0 Å². The minimum absolute atomic E-state index is 0.0849. The van der Waals surface area contributed by atoms with E-state index in [0.29, 0.717) is 0 Å². The highest BCUT2D eigenvalue weighted by molar-refractivity contribution is 4.54. The number of rotatable bonds is 16.